The van der Waals surface area contributed by atoms with Crippen molar-refractivity contribution in [3.8, 4) is 5.75 Å². The average molecular weight is 267 g/mol. The molecule has 0 bridgehead atoms. The first-order valence-electron chi connectivity index (χ1n) is 6.47. The minimum atomic E-state index is -1.27. The van der Waals surface area contributed by atoms with E-state index >= 15 is 0 Å². The molecule has 5 heteroatoms. The Morgan fingerprint density at radius 1 is 1.37 bits per heavy atom. The van der Waals surface area contributed by atoms with Gasteiger partial charge >= 0.3 is 5.97 Å². The number of carbonyl (C=O) groups is 1. The van der Waals surface area contributed by atoms with Crippen LogP contribution in [0.25, 0.3) is 0 Å². The fourth-order valence-corrected chi connectivity index (χ4v) is 2.42. The molecule has 0 unspecified atom stereocenters. The summed E-state index contributed by atoms with van der Waals surface area (Å²) in [5.74, 6) is -1.17. The summed E-state index contributed by atoms with van der Waals surface area (Å²) >= 11 is 0. The predicted molar refractivity (Wildman–Crippen MR) is 69.8 cm³/mol. The molecule has 0 radical (unpaired) electrons. The monoisotopic (exact) mass is 267 g/mol. The number of hydrogen-bond donors (Lipinski definition) is 2. The quantitative estimate of drug-likeness (QED) is 0.825. The molecule has 1 aromatic rings. The number of nitrogen functional groups attached to an aromatic ring is 1. The van der Waals surface area contributed by atoms with Gasteiger partial charge in [0.2, 0.25) is 0 Å². The number of benzene rings is 1. The SMILES string of the molecule is CC1CCC(Oc2ccc(F)c(N)c2C(=O)O)CC1. The molecule has 3 N–H and O–H groups in total. The Morgan fingerprint density at radius 2 is 2.00 bits per heavy atom. The molecule has 104 valence electrons. The van der Waals surface area contributed by atoms with E-state index in [0.717, 1.165) is 31.7 Å². The van der Waals surface area contributed by atoms with E-state index in [0.29, 0.717) is 5.92 Å². The van der Waals surface area contributed by atoms with Crippen LogP contribution in [0.5, 0.6) is 5.75 Å². The van der Waals surface area contributed by atoms with Crippen molar-refractivity contribution in [1.82, 2.24) is 0 Å². The molecule has 1 aromatic carbocycles. The van der Waals surface area contributed by atoms with Gasteiger partial charge in [-0.2, -0.15) is 0 Å². The largest absolute Gasteiger partial charge is 0.489 e. The van der Waals surface area contributed by atoms with E-state index in [-0.39, 0.29) is 23.1 Å². The molecule has 0 saturated heterocycles. The van der Waals surface area contributed by atoms with E-state index in [1.165, 1.54) is 6.07 Å². The van der Waals surface area contributed by atoms with Gasteiger partial charge in [-0.05, 0) is 43.7 Å². The highest BCUT2D eigenvalue weighted by atomic mass is 19.1. The number of hydrogen-bond acceptors (Lipinski definition) is 3. The molecule has 4 nitrogen and oxygen atoms in total. The van der Waals surface area contributed by atoms with Crippen LogP contribution in [0.1, 0.15) is 43.0 Å². The predicted octanol–water partition coefficient (Wildman–Crippen LogP) is 3.06. The zero-order valence-corrected chi connectivity index (χ0v) is 10.9. The summed E-state index contributed by atoms with van der Waals surface area (Å²) in [5.41, 5.74) is 4.83. The van der Waals surface area contributed by atoms with E-state index in [1.807, 2.05) is 0 Å². The lowest BCUT2D eigenvalue weighted by molar-refractivity contribution is 0.0685. The number of anilines is 1. The normalized spacial score (nSPS) is 23.1. The van der Waals surface area contributed by atoms with Crippen LogP contribution in [-0.4, -0.2) is 17.2 Å². The highest BCUT2D eigenvalue weighted by Crippen LogP contribution is 2.32. The van der Waals surface area contributed by atoms with Gasteiger partial charge in [0.15, 0.2) is 0 Å². The Kier molecular flexibility index (Phi) is 3.93. The van der Waals surface area contributed by atoms with Crippen molar-refractivity contribution in [1.29, 1.82) is 0 Å². The summed E-state index contributed by atoms with van der Waals surface area (Å²) in [6, 6.07) is 2.48. The summed E-state index contributed by atoms with van der Waals surface area (Å²) in [7, 11) is 0. The maximum Gasteiger partial charge on any atom is 0.341 e. The smallest absolute Gasteiger partial charge is 0.341 e. The fourth-order valence-electron chi connectivity index (χ4n) is 2.42. The van der Waals surface area contributed by atoms with Crippen molar-refractivity contribution in [3.05, 3.63) is 23.5 Å². The zero-order valence-electron chi connectivity index (χ0n) is 10.9. The van der Waals surface area contributed by atoms with E-state index < -0.39 is 11.8 Å². The Morgan fingerprint density at radius 3 is 2.58 bits per heavy atom. The second kappa shape index (κ2) is 5.47. The third-order valence-corrected chi connectivity index (χ3v) is 3.62. The Labute approximate surface area is 111 Å². The molecule has 1 saturated carbocycles. The van der Waals surface area contributed by atoms with Gasteiger partial charge in [0.25, 0.3) is 0 Å². The molecule has 1 fully saturated rings. The van der Waals surface area contributed by atoms with Crippen molar-refractivity contribution < 1.29 is 19.0 Å². The second-order valence-electron chi connectivity index (χ2n) is 5.14. The van der Waals surface area contributed by atoms with E-state index in [1.54, 1.807) is 0 Å². The van der Waals surface area contributed by atoms with Gasteiger partial charge in [-0.1, -0.05) is 6.92 Å². The first-order chi connectivity index (χ1) is 8.99. The summed E-state index contributed by atoms with van der Waals surface area (Å²) in [6.07, 6.45) is 3.88. The third kappa shape index (κ3) is 2.97. The van der Waals surface area contributed by atoms with Gasteiger partial charge in [-0.25, -0.2) is 9.18 Å². The molecule has 19 heavy (non-hydrogen) atoms. The first kappa shape index (κ1) is 13.6. The van der Waals surface area contributed by atoms with Crippen molar-refractivity contribution >= 4 is 11.7 Å². The molecule has 0 amide bonds. The molecular weight excluding hydrogens is 249 g/mol. The lowest BCUT2D eigenvalue weighted by Gasteiger charge is -2.27. The average Bonchev–Trinajstić information content (AvgIpc) is 2.36. The first-order valence-corrected chi connectivity index (χ1v) is 6.47. The fraction of sp³-hybridized carbons (Fsp3) is 0.500. The molecule has 1 aliphatic rings. The lowest BCUT2D eigenvalue weighted by atomic mass is 9.89. The summed E-state index contributed by atoms with van der Waals surface area (Å²) < 4.78 is 19.0. The molecule has 0 aliphatic heterocycles. The number of nitrogens with two attached hydrogens (primary N) is 1. The number of aromatic carboxylic acids is 1. The Bertz CT molecular complexity index is 482. The zero-order chi connectivity index (χ0) is 14.0. The lowest BCUT2D eigenvalue weighted by Crippen LogP contribution is -2.24. The number of ether oxygens (including phenoxy) is 1. The van der Waals surface area contributed by atoms with Crippen molar-refractivity contribution in [3.63, 3.8) is 0 Å². The van der Waals surface area contributed by atoms with E-state index in [4.69, 9.17) is 15.6 Å². The molecule has 2 rings (SSSR count). The van der Waals surface area contributed by atoms with Crippen molar-refractivity contribution in [2.75, 3.05) is 5.73 Å². The molecule has 0 atom stereocenters. The Balaban J connectivity index is 2.20. The second-order valence-corrected chi connectivity index (χ2v) is 5.14. The highest BCUT2D eigenvalue weighted by molar-refractivity contribution is 5.96. The number of rotatable bonds is 3. The minimum Gasteiger partial charge on any atom is -0.489 e. The third-order valence-electron chi connectivity index (χ3n) is 3.62. The molecule has 1 aliphatic carbocycles. The molecular formula is C14H18FNO3. The van der Waals surface area contributed by atoms with Crippen LogP contribution in [0.3, 0.4) is 0 Å². The highest BCUT2D eigenvalue weighted by Gasteiger charge is 2.24. The van der Waals surface area contributed by atoms with Gasteiger partial charge in [-0.3, -0.25) is 0 Å². The maximum absolute atomic E-state index is 13.3. The van der Waals surface area contributed by atoms with Gasteiger partial charge in [0.05, 0.1) is 11.8 Å². The van der Waals surface area contributed by atoms with E-state index in [9.17, 15) is 9.18 Å². The topological polar surface area (TPSA) is 72.5 Å². The van der Waals surface area contributed by atoms with Crippen LogP contribution in [0, 0.1) is 11.7 Å². The molecule has 0 aromatic heterocycles. The van der Waals surface area contributed by atoms with Crippen molar-refractivity contribution in [2.24, 2.45) is 5.92 Å². The number of halogens is 1. The van der Waals surface area contributed by atoms with Crippen LogP contribution < -0.4 is 10.5 Å². The molecule has 0 heterocycles. The van der Waals surface area contributed by atoms with Crippen LogP contribution in [-0.2, 0) is 0 Å². The number of carboxylic acid groups (broad SMARTS) is 1. The summed E-state index contributed by atoms with van der Waals surface area (Å²) in [6.45, 7) is 2.19. The summed E-state index contributed by atoms with van der Waals surface area (Å²) in [4.78, 5) is 11.2. The van der Waals surface area contributed by atoms with Gasteiger partial charge in [-0.15, -0.1) is 0 Å². The maximum atomic E-state index is 13.3. The van der Waals surface area contributed by atoms with Gasteiger partial charge < -0.3 is 15.6 Å². The van der Waals surface area contributed by atoms with Gasteiger partial charge in [0.1, 0.15) is 17.1 Å². The molecule has 0 spiro atoms. The van der Waals surface area contributed by atoms with Crippen LogP contribution >= 0.6 is 0 Å². The van der Waals surface area contributed by atoms with Gasteiger partial charge in [0, 0.05) is 0 Å². The number of carboxylic acids is 1. The van der Waals surface area contributed by atoms with Crippen molar-refractivity contribution in [2.45, 2.75) is 38.7 Å². The van der Waals surface area contributed by atoms with E-state index in [2.05, 4.69) is 6.92 Å². The van der Waals surface area contributed by atoms with Crippen LogP contribution in [0.2, 0.25) is 0 Å². The van der Waals surface area contributed by atoms with Crippen LogP contribution in [0.4, 0.5) is 10.1 Å². The van der Waals surface area contributed by atoms with Crippen LogP contribution in [0.15, 0.2) is 12.1 Å². The Hall–Kier alpha value is -1.78. The minimum absolute atomic E-state index is 0.0147. The standard InChI is InChI=1S/C14H18FNO3/c1-8-2-4-9(5-3-8)19-11-7-6-10(15)13(16)12(11)14(17)18/h6-9H,2-5,16H2,1H3,(H,17,18). The summed E-state index contributed by atoms with van der Waals surface area (Å²) in [5, 5.41) is 9.12.